The molecule has 2 aromatic carbocycles. The number of carbonyl (C=O) groups excluding carboxylic acids is 2. The minimum absolute atomic E-state index is 0.0262. The standard InChI is InChI=1S/C20H22N4O5/c1-14(11-19(25)21-13-16-5-9-18(29-2)10-6-16)22-23-20(26)12-15-3-7-17(8-4-15)24(27)28/h3-10H,11-13H2,1-2H3,(H,21,25)(H,23,26)/b22-14-. The maximum atomic E-state index is 12.0. The fourth-order valence-electron chi connectivity index (χ4n) is 2.40. The molecule has 0 bridgehead atoms. The largest absolute Gasteiger partial charge is 0.497 e. The first kappa shape index (κ1) is 21.5. The topological polar surface area (TPSA) is 123 Å². The molecule has 0 aliphatic rings. The lowest BCUT2D eigenvalue weighted by atomic mass is 10.1. The highest BCUT2D eigenvalue weighted by Gasteiger charge is 2.08. The van der Waals surface area contributed by atoms with Crippen LogP contribution < -0.4 is 15.5 Å². The van der Waals surface area contributed by atoms with Gasteiger partial charge >= 0.3 is 0 Å². The van der Waals surface area contributed by atoms with Crippen LogP contribution in [0.3, 0.4) is 0 Å². The molecule has 29 heavy (non-hydrogen) atoms. The van der Waals surface area contributed by atoms with E-state index in [1.54, 1.807) is 14.0 Å². The van der Waals surface area contributed by atoms with Gasteiger partial charge in [0.05, 0.1) is 24.9 Å². The molecule has 2 aromatic rings. The highest BCUT2D eigenvalue weighted by Crippen LogP contribution is 2.12. The van der Waals surface area contributed by atoms with E-state index in [2.05, 4.69) is 15.8 Å². The zero-order valence-electron chi connectivity index (χ0n) is 16.2. The van der Waals surface area contributed by atoms with Crippen molar-refractivity contribution in [2.45, 2.75) is 26.3 Å². The summed E-state index contributed by atoms with van der Waals surface area (Å²) < 4.78 is 5.08. The van der Waals surface area contributed by atoms with Crippen LogP contribution in [-0.4, -0.2) is 29.6 Å². The molecule has 9 heteroatoms. The molecule has 0 fully saturated rings. The van der Waals surface area contributed by atoms with Gasteiger partial charge in [0, 0.05) is 24.4 Å². The number of methoxy groups -OCH3 is 1. The first-order chi connectivity index (χ1) is 13.9. The number of nitro groups is 1. The third-order valence-electron chi connectivity index (χ3n) is 3.95. The molecule has 0 aliphatic carbocycles. The smallest absolute Gasteiger partial charge is 0.269 e. The van der Waals surface area contributed by atoms with Crippen molar-refractivity contribution in [1.82, 2.24) is 10.7 Å². The molecular formula is C20H22N4O5. The van der Waals surface area contributed by atoms with E-state index < -0.39 is 4.92 Å². The Bertz CT molecular complexity index is 892. The zero-order valence-corrected chi connectivity index (χ0v) is 16.2. The number of hydrogen-bond donors (Lipinski definition) is 2. The van der Waals surface area contributed by atoms with E-state index in [1.165, 1.54) is 24.3 Å². The number of ether oxygens (including phenoxy) is 1. The molecule has 0 heterocycles. The van der Waals surface area contributed by atoms with Gasteiger partial charge in [-0.15, -0.1) is 0 Å². The maximum Gasteiger partial charge on any atom is 0.269 e. The molecule has 0 saturated heterocycles. The number of nitrogens with zero attached hydrogens (tertiary/aromatic N) is 2. The fraction of sp³-hybridized carbons (Fsp3) is 0.250. The van der Waals surface area contributed by atoms with Crippen molar-refractivity contribution in [2.75, 3.05) is 7.11 Å². The van der Waals surface area contributed by atoms with Crippen molar-refractivity contribution in [3.05, 3.63) is 69.8 Å². The molecule has 0 radical (unpaired) electrons. The SMILES string of the molecule is COc1ccc(CNC(=O)C/C(C)=N\NC(=O)Cc2ccc([N+](=O)[O-])cc2)cc1. The van der Waals surface area contributed by atoms with Crippen LogP contribution in [0.1, 0.15) is 24.5 Å². The number of hydrogen-bond acceptors (Lipinski definition) is 6. The van der Waals surface area contributed by atoms with E-state index in [4.69, 9.17) is 4.74 Å². The lowest BCUT2D eigenvalue weighted by Gasteiger charge is -2.07. The summed E-state index contributed by atoms with van der Waals surface area (Å²) >= 11 is 0. The van der Waals surface area contributed by atoms with Crippen LogP contribution in [-0.2, 0) is 22.6 Å². The van der Waals surface area contributed by atoms with Crippen LogP contribution >= 0.6 is 0 Å². The van der Waals surface area contributed by atoms with E-state index in [9.17, 15) is 19.7 Å². The van der Waals surface area contributed by atoms with E-state index in [1.807, 2.05) is 24.3 Å². The molecular weight excluding hydrogens is 376 g/mol. The van der Waals surface area contributed by atoms with Gasteiger partial charge in [0.1, 0.15) is 5.75 Å². The summed E-state index contributed by atoms with van der Waals surface area (Å²) in [5.74, 6) is 0.149. The zero-order chi connectivity index (χ0) is 21.2. The number of rotatable bonds is 9. The average Bonchev–Trinajstić information content (AvgIpc) is 2.71. The summed E-state index contributed by atoms with van der Waals surface area (Å²) in [7, 11) is 1.59. The minimum atomic E-state index is -0.503. The van der Waals surface area contributed by atoms with Gasteiger partial charge in [-0.25, -0.2) is 5.43 Å². The van der Waals surface area contributed by atoms with Gasteiger partial charge in [0.15, 0.2) is 0 Å². The highest BCUT2D eigenvalue weighted by atomic mass is 16.6. The molecule has 0 spiro atoms. The van der Waals surface area contributed by atoms with Gasteiger partial charge < -0.3 is 10.1 Å². The molecule has 0 saturated carbocycles. The number of nitro benzene ring substituents is 1. The quantitative estimate of drug-likeness (QED) is 0.381. The van der Waals surface area contributed by atoms with Crippen molar-refractivity contribution in [2.24, 2.45) is 5.10 Å². The molecule has 0 aliphatic heterocycles. The summed E-state index contributed by atoms with van der Waals surface area (Å²) in [6.07, 6.45) is 0.0758. The molecule has 0 aromatic heterocycles. The van der Waals surface area contributed by atoms with Crippen molar-refractivity contribution in [3.63, 3.8) is 0 Å². The Labute approximate surface area is 167 Å². The van der Waals surface area contributed by atoms with Crippen LogP contribution in [0.5, 0.6) is 5.75 Å². The minimum Gasteiger partial charge on any atom is -0.497 e. The summed E-state index contributed by atoms with van der Waals surface area (Å²) in [6.45, 7) is 2.02. The highest BCUT2D eigenvalue weighted by molar-refractivity contribution is 6.00. The molecule has 152 valence electrons. The molecule has 2 rings (SSSR count). The molecule has 0 atom stereocenters. The van der Waals surface area contributed by atoms with Crippen LogP contribution in [0, 0.1) is 10.1 Å². The molecule has 9 nitrogen and oxygen atoms in total. The molecule has 0 unspecified atom stereocenters. The van der Waals surface area contributed by atoms with Crippen LogP contribution in [0.2, 0.25) is 0 Å². The van der Waals surface area contributed by atoms with E-state index in [0.717, 1.165) is 11.3 Å². The van der Waals surface area contributed by atoms with Gasteiger partial charge in [0.2, 0.25) is 11.8 Å². The Morgan fingerprint density at radius 3 is 2.24 bits per heavy atom. The van der Waals surface area contributed by atoms with Crippen molar-refractivity contribution < 1.29 is 19.2 Å². The Kier molecular flexibility index (Phi) is 7.84. The van der Waals surface area contributed by atoms with Crippen LogP contribution in [0.4, 0.5) is 5.69 Å². The molecule has 2 amide bonds. The summed E-state index contributed by atoms with van der Waals surface area (Å²) in [5, 5.41) is 17.3. The number of hydrazone groups is 1. The third-order valence-corrected chi connectivity index (χ3v) is 3.95. The number of carbonyl (C=O) groups is 2. The normalized spacial score (nSPS) is 10.9. The number of non-ortho nitro benzene ring substituents is 1. The predicted octanol–water partition coefficient (Wildman–Crippen LogP) is 2.34. The molecule has 2 N–H and O–H groups in total. The van der Waals surface area contributed by atoms with Crippen LogP contribution in [0.15, 0.2) is 53.6 Å². The van der Waals surface area contributed by atoms with Gasteiger partial charge in [0.25, 0.3) is 5.69 Å². The van der Waals surface area contributed by atoms with Crippen LogP contribution in [0.25, 0.3) is 0 Å². The second kappa shape index (κ2) is 10.5. The lowest BCUT2D eigenvalue weighted by Crippen LogP contribution is -2.26. The second-order valence-corrected chi connectivity index (χ2v) is 6.28. The third kappa shape index (κ3) is 7.41. The summed E-state index contributed by atoms with van der Waals surface area (Å²) in [4.78, 5) is 34.0. The first-order valence-corrected chi connectivity index (χ1v) is 8.82. The van der Waals surface area contributed by atoms with Crippen molar-refractivity contribution >= 4 is 23.2 Å². The van der Waals surface area contributed by atoms with E-state index in [0.29, 0.717) is 17.8 Å². The number of nitrogens with one attached hydrogen (secondary N) is 2. The van der Waals surface area contributed by atoms with Gasteiger partial charge in [-0.05, 0) is 30.2 Å². The summed E-state index contributed by atoms with van der Waals surface area (Å²) in [6, 6.07) is 13.1. The Balaban J connectivity index is 1.75. The number of amides is 2. The van der Waals surface area contributed by atoms with E-state index in [-0.39, 0.29) is 30.3 Å². The average molecular weight is 398 g/mol. The van der Waals surface area contributed by atoms with Gasteiger partial charge in [-0.2, -0.15) is 5.10 Å². The Morgan fingerprint density at radius 2 is 1.66 bits per heavy atom. The predicted molar refractivity (Wildman–Crippen MR) is 108 cm³/mol. The maximum absolute atomic E-state index is 12.0. The van der Waals surface area contributed by atoms with Gasteiger partial charge in [-0.1, -0.05) is 24.3 Å². The van der Waals surface area contributed by atoms with E-state index >= 15 is 0 Å². The first-order valence-electron chi connectivity index (χ1n) is 8.82. The van der Waals surface area contributed by atoms with Crippen molar-refractivity contribution in [1.29, 1.82) is 0 Å². The number of benzene rings is 2. The van der Waals surface area contributed by atoms with Gasteiger partial charge in [-0.3, -0.25) is 19.7 Å². The Hall–Kier alpha value is -3.75. The second-order valence-electron chi connectivity index (χ2n) is 6.28. The van der Waals surface area contributed by atoms with Crippen molar-refractivity contribution in [3.8, 4) is 5.75 Å². The summed E-state index contributed by atoms with van der Waals surface area (Å²) in [5.41, 5.74) is 4.35. The lowest BCUT2D eigenvalue weighted by molar-refractivity contribution is -0.384. The fourth-order valence-corrected chi connectivity index (χ4v) is 2.40. The monoisotopic (exact) mass is 398 g/mol. The Morgan fingerprint density at radius 1 is 1.03 bits per heavy atom.